The van der Waals surface area contributed by atoms with E-state index in [1.165, 1.54) is 38.8 Å². The van der Waals surface area contributed by atoms with Gasteiger partial charge >= 0.3 is 41.8 Å². The van der Waals surface area contributed by atoms with E-state index in [1.54, 1.807) is 0 Å². The number of aryl methyl sites for hydroxylation is 1. The predicted octanol–water partition coefficient (Wildman–Crippen LogP) is 17.4. The highest BCUT2D eigenvalue weighted by atomic mass is 16.6. The van der Waals surface area contributed by atoms with Gasteiger partial charge in [0.15, 0.2) is 24.4 Å². The van der Waals surface area contributed by atoms with Gasteiger partial charge in [-0.25, -0.2) is 9.59 Å². The number of carbonyl (C=O) groups is 7. The Hall–Kier alpha value is -12.5. The molecule has 0 spiro atoms. The van der Waals surface area contributed by atoms with Crippen molar-refractivity contribution in [2.75, 3.05) is 46.2 Å². The molecule has 30 heteroatoms. The summed E-state index contributed by atoms with van der Waals surface area (Å²) in [7, 11) is 0. The summed E-state index contributed by atoms with van der Waals surface area (Å²) in [5.41, 5.74) is 26.5. The van der Waals surface area contributed by atoms with Crippen molar-refractivity contribution in [3.63, 3.8) is 0 Å². The van der Waals surface area contributed by atoms with Crippen molar-refractivity contribution in [3.05, 3.63) is 344 Å². The number of benzene rings is 9. The lowest BCUT2D eigenvalue weighted by Gasteiger charge is -2.40. The molecule has 9 aromatic carbocycles. The van der Waals surface area contributed by atoms with Gasteiger partial charge < -0.3 is 80.5 Å². The Balaban J connectivity index is 0.000000176. The lowest BCUT2D eigenvalue weighted by Crippen LogP contribution is -2.59. The van der Waals surface area contributed by atoms with Gasteiger partial charge in [-0.1, -0.05) is 290 Å². The Morgan fingerprint density at radius 3 is 1.09 bits per heavy atom. The normalized spacial score (nSPS) is 22.1. The first-order valence-corrected chi connectivity index (χ1v) is 45.1. The highest BCUT2D eigenvalue weighted by Gasteiger charge is 2.48. The summed E-state index contributed by atoms with van der Waals surface area (Å²) in [5, 5.41) is 7.46. The summed E-state index contributed by atoms with van der Waals surface area (Å²) in [6.07, 6.45) is 0.643. The maximum atomic E-state index is 13.2. The van der Waals surface area contributed by atoms with Crippen molar-refractivity contribution < 1.29 is 114 Å². The Labute approximate surface area is 781 Å². The standard InChI is InChI=1S/C31H34O7.C22H24O6.C21H24O3.2C15H19N3O4/c1-23(32)38-27-22-36-30(31(33)37-21-26-16-9-4-10-17-26)29(28(27)35-20-25-14-7-3-8-15-25)34-19-11-18-24-12-5-2-6-13-24;1-16(23)28-21-15-26-20(22(24)27-14-18-10-6-3-7-11-18)12-19(21)25-13-17-8-4-2-5-9-17;22-21(24-16-18-10-5-2-6-11-18)19-12-7-13-20(14-19)23-15-17-8-3-1-4-9-17;2*1-11(19)20-9-13-7-15(14(10-21-13)17-18-16)22-8-12-5-3-2-4-6-12/h2-10,12-17,27-30H,11,18-22H2,1H3;2-11,19-21H,12-15H2,1H3;1-6,8-11,19-20H,7,12-16H2;2*2-6,13-15H,7-10H2,1H3/t27?,28-,29-,30?;19-,20?,21?;19?,20-;2*13?,14?,15-/m01011/s1. The first-order valence-electron chi connectivity index (χ1n) is 45.1. The molecule has 15 atom stereocenters. The zero-order valence-electron chi connectivity index (χ0n) is 76.1. The second-order valence-electron chi connectivity index (χ2n) is 32.4. The van der Waals surface area contributed by atoms with Crippen LogP contribution in [0.5, 0.6) is 0 Å². The number of hydrogen-bond donors (Lipinski definition) is 0. The average molecular weight is 1840 g/mol. The number of azide groups is 2. The number of hydrogen-bond acceptors (Lipinski definition) is 26. The second-order valence-corrected chi connectivity index (χ2v) is 32.4. The fraction of sp³-hybridized carbons (Fsp3) is 0.413. The molecule has 4 aliphatic heterocycles. The van der Waals surface area contributed by atoms with Crippen LogP contribution < -0.4 is 0 Å². The monoisotopic (exact) mass is 1840 g/mol. The van der Waals surface area contributed by atoms with E-state index in [-0.39, 0.29) is 132 Å². The number of esters is 7. The number of ether oxygens (including phenoxy) is 17. The van der Waals surface area contributed by atoms with E-state index in [0.29, 0.717) is 52.5 Å². The predicted molar refractivity (Wildman–Crippen MR) is 493 cm³/mol. The van der Waals surface area contributed by atoms with Gasteiger partial charge in [0.25, 0.3) is 0 Å². The molecule has 4 heterocycles. The first kappa shape index (κ1) is 104. The quantitative estimate of drug-likeness (QED) is 0.00871. The largest absolute Gasteiger partial charge is 0.463 e. The SMILES string of the molecule is CC(=O)OC1COC(C(=O)OCc2ccccc2)C[C@H]1OCc1ccccc1.CC(=O)OC1COC(C(=O)OCc2ccccc2)[C@@H](OCCCc2ccccc2)[C@H]1OCc1ccccc1.CC(=O)OCC1C[C@@H](OCc2ccccc2)C(N=[N+]=[N-])CO1.CC(=O)OCC1C[C@@H](OCc2ccccc2)C(N=[N+]=[N-])CO1.O=C(OCc1ccccc1)C1CCC[C@H](OCc2ccccc2)C1. The van der Waals surface area contributed by atoms with Crippen molar-refractivity contribution in [2.24, 2.45) is 16.1 Å². The van der Waals surface area contributed by atoms with E-state index < -0.39 is 66.6 Å². The molecular formula is C104H120N6O24. The van der Waals surface area contributed by atoms with E-state index in [4.69, 9.17) is 91.6 Å². The molecule has 30 nitrogen and oxygen atoms in total. The van der Waals surface area contributed by atoms with Crippen LogP contribution >= 0.6 is 0 Å². The first-order chi connectivity index (χ1) is 65.4. The smallest absolute Gasteiger partial charge is 0.338 e. The molecule has 5 fully saturated rings. The minimum absolute atomic E-state index is 0.00594. The molecule has 710 valence electrons. The summed E-state index contributed by atoms with van der Waals surface area (Å²) in [4.78, 5) is 88.6. The zero-order chi connectivity index (χ0) is 94.5. The van der Waals surface area contributed by atoms with Gasteiger partial charge in [0.2, 0.25) is 0 Å². The van der Waals surface area contributed by atoms with Crippen LogP contribution in [-0.2, 0) is 173 Å². The highest BCUT2D eigenvalue weighted by Crippen LogP contribution is 2.32. The van der Waals surface area contributed by atoms with E-state index in [0.717, 1.165) is 77.5 Å². The average Bonchev–Trinajstić information content (AvgIpc) is 0.807. The molecule has 4 saturated heterocycles. The van der Waals surface area contributed by atoms with Crippen molar-refractivity contribution in [3.8, 4) is 0 Å². The molecule has 1 saturated carbocycles. The lowest BCUT2D eigenvalue weighted by molar-refractivity contribution is -0.236. The van der Waals surface area contributed by atoms with E-state index >= 15 is 0 Å². The fourth-order valence-electron chi connectivity index (χ4n) is 15.1. The van der Waals surface area contributed by atoms with Crippen LogP contribution in [0.3, 0.4) is 0 Å². The lowest BCUT2D eigenvalue weighted by atomic mass is 9.87. The molecule has 14 rings (SSSR count). The Morgan fingerprint density at radius 1 is 0.328 bits per heavy atom. The Kier molecular flexibility index (Phi) is 45.8. The second kappa shape index (κ2) is 59.2. The third kappa shape index (κ3) is 38.6. The van der Waals surface area contributed by atoms with Gasteiger partial charge in [0.05, 0.1) is 108 Å². The van der Waals surface area contributed by atoms with Crippen LogP contribution in [0.1, 0.15) is 129 Å². The molecule has 9 unspecified atom stereocenters. The van der Waals surface area contributed by atoms with Gasteiger partial charge in [0.1, 0.15) is 51.3 Å². The van der Waals surface area contributed by atoms with Crippen LogP contribution in [0, 0.1) is 5.92 Å². The van der Waals surface area contributed by atoms with Crippen molar-refractivity contribution >= 4 is 41.8 Å². The molecule has 0 aromatic heterocycles. The topological polar surface area (TPSA) is 374 Å². The van der Waals surface area contributed by atoms with Crippen molar-refractivity contribution in [1.29, 1.82) is 0 Å². The van der Waals surface area contributed by atoms with Crippen molar-refractivity contribution in [1.82, 2.24) is 0 Å². The molecule has 9 aromatic rings. The molecular weight excluding hydrogens is 1720 g/mol. The maximum Gasteiger partial charge on any atom is 0.338 e. The molecule has 1 aliphatic carbocycles. The zero-order valence-corrected chi connectivity index (χ0v) is 76.1. The minimum atomic E-state index is -1.02. The molecule has 0 radical (unpaired) electrons. The summed E-state index contributed by atoms with van der Waals surface area (Å²) < 4.78 is 96.1. The minimum Gasteiger partial charge on any atom is -0.463 e. The van der Waals surface area contributed by atoms with Crippen LogP contribution in [0.25, 0.3) is 20.9 Å². The van der Waals surface area contributed by atoms with Crippen LogP contribution in [-0.4, -0.2) is 173 Å². The molecule has 5 aliphatic rings. The van der Waals surface area contributed by atoms with Gasteiger partial charge in [-0.2, -0.15) is 0 Å². The molecule has 0 N–H and O–H groups in total. The molecule has 0 amide bonds. The van der Waals surface area contributed by atoms with E-state index in [9.17, 15) is 33.6 Å². The van der Waals surface area contributed by atoms with Gasteiger partial charge in [0, 0.05) is 63.4 Å². The number of carbonyl (C=O) groups excluding carboxylic acids is 7. The van der Waals surface area contributed by atoms with Crippen molar-refractivity contribution in [2.45, 2.75) is 224 Å². The summed E-state index contributed by atoms with van der Waals surface area (Å²) in [6.45, 7) is 9.47. The summed E-state index contributed by atoms with van der Waals surface area (Å²) >= 11 is 0. The van der Waals surface area contributed by atoms with Gasteiger partial charge in [-0.3, -0.25) is 24.0 Å². The number of rotatable bonds is 37. The third-order valence-electron chi connectivity index (χ3n) is 22.0. The number of nitrogens with zero attached hydrogens (tertiary/aromatic N) is 6. The summed E-state index contributed by atoms with van der Waals surface area (Å²) in [5.74, 6) is -2.68. The van der Waals surface area contributed by atoms with Crippen LogP contribution in [0.2, 0.25) is 0 Å². The Morgan fingerprint density at radius 2 is 0.687 bits per heavy atom. The van der Waals surface area contributed by atoms with Crippen LogP contribution in [0.4, 0.5) is 0 Å². The van der Waals surface area contributed by atoms with Gasteiger partial charge in [-0.15, -0.1) is 0 Å². The summed E-state index contributed by atoms with van der Waals surface area (Å²) in [6, 6.07) is 87.1. The van der Waals surface area contributed by atoms with Crippen LogP contribution in [0.15, 0.2) is 283 Å². The van der Waals surface area contributed by atoms with Gasteiger partial charge in [-0.05, 0) is 93.2 Å². The van der Waals surface area contributed by atoms with E-state index in [2.05, 4.69) is 44.3 Å². The van der Waals surface area contributed by atoms with E-state index in [1.807, 2.05) is 249 Å². The third-order valence-corrected chi connectivity index (χ3v) is 22.0. The Bertz CT molecular complexity index is 4910. The highest BCUT2D eigenvalue weighted by molar-refractivity contribution is 5.76. The fourth-order valence-corrected chi connectivity index (χ4v) is 15.1. The molecule has 0 bridgehead atoms. The molecule has 134 heavy (non-hydrogen) atoms. The maximum absolute atomic E-state index is 13.2.